The highest BCUT2D eigenvalue weighted by Crippen LogP contribution is 2.45. The first-order chi connectivity index (χ1) is 23.5. The summed E-state index contributed by atoms with van der Waals surface area (Å²) < 4.78 is 11.1. The maximum Gasteiger partial charge on any atom is 0.338 e. The summed E-state index contributed by atoms with van der Waals surface area (Å²) in [7, 11) is 1.59. The monoisotopic (exact) mass is 645 g/mol. The molecule has 2 atom stereocenters. The zero-order valence-electron chi connectivity index (χ0n) is 27.8. The molecule has 1 aliphatic rings. The van der Waals surface area contributed by atoms with Crippen molar-refractivity contribution >= 4 is 23.5 Å². The van der Waals surface area contributed by atoms with Crippen molar-refractivity contribution < 1.29 is 23.9 Å². The van der Waals surface area contributed by atoms with Crippen molar-refractivity contribution in [1.82, 2.24) is 10.2 Å². The zero-order chi connectivity index (χ0) is 33.9. The van der Waals surface area contributed by atoms with Crippen LogP contribution in [0.2, 0.25) is 0 Å². The first-order valence-electron chi connectivity index (χ1n) is 16.6. The maximum atomic E-state index is 15.1. The maximum absolute atomic E-state index is 15.1. The number of esters is 1. The van der Waals surface area contributed by atoms with E-state index in [9.17, 15) is 9.59 Å². The Morgan fingerprint density at radius 1 is 0.833 bits per heavy atom. The van der Waals surface area contributed by atoms with E-state index in [1.807, 2.05) is 115 Å². The minimum absolute atomic E-state index is 0.114. The van der Waals surface area contributed by atoms with Gasteiger partial charge in [-0.15, -0.1) is 0 Å². The van der Waals surface area contributed by atoms with Gasteiger partial charge < -0.3 is 19.7 Å². The molecule has 48 heavy (non-hydrogen) atoms. The van der Waals surface area contributed by atoms with E-state index in [-0.39, 0.29) is 30.3 Å². The van der Waals surface area contributed by atoms with Crippen LogP contribution in [0.25, 0.3) is 0 Å². The molecule has 0 saturated carbocycles. The fourth-order valence-corrected chi connectivity index (χ4v) is 6.13. The number of rotatable bonds is 15. The van der Waals surface area contributed by atoms with Gasteiger partial charge in [0, 0.05) is 18.8 Å². The Morgan fingerprint density at radius 2 is 1.46 bits per heavy atom. The average Bonchev–Trinajstić information content (AvgIpc) is 3.43. The van der Waals surface area contributed by atoms with Gasteiger partial charge >= 0.3 is 5.97 Å². The van der Waals surface area contributed by atoms with Crippen molar-refractivity contribution in [3.8, 4) is 5.75 Å². The second-order valence-corrected chi connectivity index (χ2v) is 11.6. The molecule has 8 heteroatoms. The van der Waals surface area contributed by atoms with Gasteiger partial charge in [0.05, 0.1) is 25.3 Å². The number of para-hydroxylation sites is 1. The fraction of sp³-hybridized carbons (Fsp3) is 0.275. The molecular weight excluding hydrogens is 602 g/mol. The predicted octanol–water partition coefficient (Wildman–Crippen LogP) is 7.15. The van der Waals surface area contributed by atoms with Crippen molar-refractivity contribution in [2.45, 2.75) is 51.7 Å². The molecule has 5 rings (SSSR count). The van der Waals surface area contributed by atoms with Crippen LogP contribution in [-0.2, 0) is 25.7 Å². The van der Waals surface area contributed by atoms with E-state index < -0.39 is 24.0 Å². The summed E-state index contributed by atoms with van der Waals surface area (Å²) >= 11 is 0. The van der Waals surface area contributed by atoms with Crippen LogP contribution >= 0.6 is 0 Å². The topological polar surface area (TPSA) is 88.2 Å². The summed E-state index contributed by atoms with van der Waals surface area (Å²) in [5, 5.41) is 3.13. The molecule has 2 amide bonds. The first kappa shape index (κ1) is 34.0. The van der Waals surface area contributed by atoms with E-state index in [1.165, 1.54) is 0 Å². The second kappa shape index (κ2) is 16.5. The summed E-state index contributed by atoms with van der Waals surface area (Å²) in [5.74, 6) is -0.629. The number of methoxy groups -OCH3 is 1. The number of amides is 2. The number of hydrogen-bond donors (Lipinski definition) is 1. The van der Waals surface area contributed by atoms with E-state index in [1.54, 1.807) is 23.8 Å². The molecule has 2 unspecified atom stereocenters. The molecule has 248 valence electrons. The molecule has 1 heterocycles. The summed E-state index contributed by atoms with van der Waals surface area (Å²) in [4.78, 5) is 47.0. The minimum Gasteiger partial charge on any atom is -0.497 e. The zero-order valence-corrected chi connectivity index (χ0v) is 27.8. The molecule has 0 fully saturated rings. The number of ether oxygens (including phenoxy) is 2. The van der Waals surface area contributed by atoms with Crippen LogP contribution in [0.5, 0.6) is 5.75 Å². The molecule has 1 N–H and O–H groups in total. The van der Waals surface area contributed by atoms with E-state index in [0.717, 1.165) is 24.8 Å². The number of carbonyl (C=O) groups excluding carboxylic acids is 3. The van der Waals surface area contributed by atoms with Gasteiger partial charge in [0.1, 0.15) is 17.5 Å². The lowest BCUT2D eigenvalue weighted by Crippen LogP contribution is -2.43. The van der Waals surface area contributed by atoms with Gasteiger partial charge in [-0.2, -0.15) is 0 Å². The van der Waals surface area contributed by atoms with Crippen LogP contribution in [0.15, 0.2) is 127 Å². The summed E-state index contributed by atoms with van der Waals surface area (Å²) in [6, 6.07) is 33.9. The van der Waals surface area contributed by atoms with E-state index in [0.29, 0.717) is 29.1 Å². The molecular formula is C40H43N3O5. The Kier molecular flexibility index (Phi) is 11.6. The van der Waals surface area contributed by atoms with Crippen LogP contribution in [0, 0.1) is 0 Å². The van der Waals surface area contributed by atoms with Gasteiger partial charge in [-0.05, 0) is 54.3 Å². The number of anilines is 1. The SMILES string of the molecule is CCCCCNC(=O)C(c1ccccc1)N(Cc1ccccc1)C1=C(C(=O)OCC)C(c2ccc(OC)cc2)N(c2ccccc2)C1=O. The van der Waals surface area contributed by atoms with Gasteiger partial charge in [0.15, 0.2) is 0 Å². The van der Waals surface area contributed by atoms with Crippen molar-refractivity contribution in [2.24, 2.45) is 0 Å². The number of nitrogens with zero attached hydrogens (tertiary/aromatic N) is 2. The smallest absolute Gasteiger partial charge is 0.338 e. The predicted molar refractivity (Wildman–Crippen MR) is 187 cm³/mol. The summed E-state index contributed by atoms with van der Waals surface area (Å²) in [5.41, 5.74) is 3.18. The lowest BCUT2D eigenvalue weighted by atomic mass is 9.96. The Labute approximate surface area is 283 Å². The molecule has 0 bridgehead atoms. The molecule has 0 aliphatic carbocycles. The van der Waals surface area contributed by atoms with Gasteiger partial charge in [-0.25, -0.2) is 4.79 Å². The number of hydrogen-bond acceptors (Lipinski definition) is 6. The van der Waals surface area contributed by atoms with Crippen LogP contribution in [-0.4, -0.2) is 42.9 Å². The van der Waals surface area contributed by atoms with Gasteiger partial charge in [0.25, 0.3) is 5.91 Å². The largest absolute Gasteiger partial charge is 0.497 e. The highest BCUT2D eigenvalue weighted by molar-refractivity contribution is 6.16. The molecule has 8 nitrogen and oxygen atoms in total. The number of carbonyl (C=O) groups is 3. The lowest BCUT2D eigenvalue weighted by molar-refractivity contribution is -0.139. The Bertz CT molecular complexity index is 1690. The highest BCUT2D eigenvalue weighted by Gasteiger charge is 2.49. The number of unbranched alkanes of at least 4 members (excludes halogenated alkanes) is 2. The van der Waals surface area contributed by atoms with E-state index in [2.05, 4.69) is 12.2 Å². The van der Waals surface area contributed by atoms with Gasteiger partial charge in [0.2, 0.25) is 5.91 Å². The Morgan fingerprint density at radius 3 is 2.06 bits per heavy atom. The summed E-state index contributed by atoms with van der Waals surface area (Å²) in [6.45, 7) is 4.65. The second-order valence-electron chi connectivity index (χ2n) is 11.6. The Hall–Kier alpha value is -5.37. The molecule has 0 spiro atoms. The van der Waals surface area contributed by atoms with Crippen LogP contribution in [0.4, 0.5) is 5.69 Å². The Balaban J connectivity index is 1.77. The number of benzene rings is 4. The van der Waals surface area contributed by atoms with Crippen molar-refractivity contribution in [3.63, 3.8) is 0 Å². The van der Waals surface area contributed by atoms with Gasteiger partial charge in [-0.1, -0.05) is 111 Å². The molecule has 0 aromatic heterocycles. The van der Waals surface area contributed by atoms with Crippen LogP contribution in [0.3, 0.4) is 0 Å². The molecule has 0 saturated heterocycles. The quantitative estimate of drug-likeness (QED) is 0.109. The molecule has 1 aliphatic heterocycles. The van der Waals surface area contributed by atoms with Crippen LogP contribution < -0.4 is 15.0 Å². The first-order valence-corrected chi connectivity index (χ1v) is 16.6. The molecule has 4 aromatic rings. The third kappa shape index (κ3) is 7.60. The standard InChI is InChI=1S/C40H43N3O5/c1-4-6-16-27-41-38(44)36(30-19-12-8-13-20-30)42(28-29-17-10-7-11-18-29)37-34(40(46)48-5-2)35(31-23-25-33(47-3)26-24-31)43(39(37)45)32-21-14-9-15-22-32/h7-15,17-26,35-36H,4-6,16,27-28H2,1-3H3,(H,41,44). The number of nitrogens with one attached hydrogen (secondary N) is 1. The van der Waals surface area contributed by atoms with E-state index in [4.69, 9.17) is 9.47 Å². The average molecular weight is 646 g/mol. The normalized spacial score (nSPS) is 14.9. The molecule has 4 aromatic carbocycles. The van der Waals surface area contributed by atoms with Crippen molar-refractivity contribution in [2.75, 3.05) is 25.2 Å². The summed E-state index contributed by atoms with van der Waals surface area (Å²) in [6.07, 6.45) is 2.83. The fourth-order valence-electron chi connectivity index (χ4n) is 6.13. The van der Waals surface area contributed by atoms with Crippen molar-refractivity contribution in [1.29, 1.82) is 0 Å². The third-order valence-corrected chi connectivity index (χ3v) is 8.41. The lowest BCUT2D eigenvalue weighted by Gasteiger charge is -2.34. The molecule has 0 radical (unpaired) electrons. The third-order valence-electron chi connectivity index (χ3n) is 8.41. The van der Waals surface area contributed by atoms with E-state index >= 15 is 4.79 Å². The highest BCUT2D eigenvalue weighted by atomic mass is 16.5. The van der Waals surface area contributed by atoms with Crippen molar-refractivity contribution in [3.05, 3.63) is 143 Å². The minimum atomic E-state index is -0.927. The van der Waals surface area contributed by atoms with Gasteiger partial charge in [-0.3, -0.25) is 14.5 Å². The van der Waals surface area contributed by atoms with Crippen LogP contribution in [0.1, 0.15) is 61.9 Å².